The van der Waals surface area contributed by atoms with Gasteiger partial charge < -0.3 is 14.4 Å². The molecule has 0 aliphatic heterocycles. The lowest BCUT2D eigenvalue weighted by molar-refractivity contribution is 0.112. The van der Waals surface area contributed by atoms with Crippen molar-refractivity contribution < 1.29 is 14.3 Å². The Bertz CT molecular complexity index is 651. The highest BCUT2D eigenvalue weighted by molar-refractivity contribution is 7.20. The third kappa shape index (κ3) is 3.42. The van der Waals surface area contributed by atoms with Gasteiger partial charge in [0.2, 0.25) is 0 Å². The van der Waals surface area contributed by atoms with E-state index in [4.69, 9.17) is 9.47 Å². The zero-order chi connectivity index (χ0) is 16.1. The zero-order valence-electron chi connectivity index (χ0n) is 13.6. The monoisotopic (exact) mass is 321 g/mol. The lowest BCUT2D eigenvalue weighted by Crippen LogP contribution is -2.19. The van der Waals surface area contributed by atoms with E-state index in [1.807, 2.05) is 12.1 Å². The molecule has 0 atom stereocenters. The second-order valence-electron chi connectivity index (χ2n) is 5.36. The molecule has 0 bridgehead atoms. The Balaban J connectivity index is 2.44. The summed E-state index contributed by atoms with van der Waals surface area (Å²) in [5.74, 6) is 1.39. The maximum atomic E-state index is 11.4. The van der Waals surface area contributed by atoms with E-state index in [0.29, 0.717) is 11.5 Å². The predicted octanol–water partition coefficient (Wildman–Crippen LogP) is 3.96. The third-order valence-electron chi connectivity index (χ3n) is 3.76. The van der Waals surface area contributed by atoms with Gasteiger partial charge in [0.05, 0.1) is 19.1 Å². The molecule has 1 aromatic heterocycles. The van der Waals surface area contributed by atoms with Gasteiger partial charge in [0.15, 0.2) is 17.8 Å². The van der Waals surface area contributed by atoms with Crippen LogP contribution in [-0.4, -0.2) is 39.0 Å². The van der Waals surface area contributed by atoms with Gasteiger partial charge in [-0.3, -0.25) is 4.79 Å². The third-order valence-corrected chi connectivity index (χ3v) is 4.88. The molecule has 0 amide bonds. The van der Waals surface area contributed by atoms with Crippen molar-refractivity contribution in [2.45, 2.75) is 26.3 Å². The van der Waals surface area contributed by atoms with E-state index < -0.39 is 0 Å². The van der Waals surface area contributed by atoms with Crippen LogP contribution in [0.15, 0.2) is 12.1 Å². The van der Waals surface area contributed by atoms with E-state index in [1.54, 1.807) is 14.2 Å². The fraction of sp³-hybridized carbons (Fsp3) is 0.471. The molecule has 0 aliphatic rings. The minimum absolute atomic E-state index is 0.694. The number of aldehydes is 1. The summed E-state index contributed by atoms with van der Waals surface area (Å²) in [6.45, 7) is 3.98. The number of fused-ring (bicyclic) bond motifs is 1. The maximum Gasteiger partial charge on any atom is 0.162 e. The predicted molar refractivity (Wildman–Crippen MR) is 91.6 cm³/mol. The van der Waals surface area contributed by atoms with Crippen molar-refractivity contribution in [1.29, 1.82) is 0 Å². The van der Waals surface area contributed by atoms with Crippen LogP contribution >= 0.6 is 11.3 Å². The molecule has 0 radical (unpaired) electrons. The Hall–Kier alpha value is -1.59. The molecular weight excluding hydrogens is 298 g/mol. The summed E-state index contributed by atoms with van der Waals surface area (Å²) in [5, 5.41) is 1.08. The molecule has 1 aromatic carbocycles. The second-order valence-corrected chi connectivity index (χ2v) is 6.44. The van der Waals surface area contributed by atoms with Crippen molar-refractivity contribution in [1.82, 2.24) is 4.90 Å². The largest absolute Gasteiger partial charge is 0.493 e. The Morgan fingerprint density at radius 3 is 2.50 bits per heavy atom. The van der Waals surface area contributed by atoms with E-state index in [9.17, 15) is 4.79 Å². The van der Waals surface area contributed by atoms with Gasteiger partial charge in [-0.15, -0.1) is 11.3 Å². The molecule has 2 rings (SSSR count). The minimum atomic E-state index is 0.694. The number of ether oxygens (including phenoxy) is 2. The average molecular weight is 321 g/mol. The molecule has 120 valence electrons. The topological polar surface area (TPSA) is 38.8 Å². The van der Waals surface area contributed by atoms with Crippen LogP contribution in [0.2, 0.25) is 0 Å². The van der Waals surface area contributed by atoms with Crippen LogP contribution in [0, 0.1) is 0 Å². The van der Waals surface area contributed by atoms with Crippen molar-refractivity contribution in [2.75, 3.05) is 27.8 Å². The minimum Gasteiger partial charge on any atom is -0.493 e. The summed E-state index contributed by atoms with van der Waals surface area (Å²) < 4.78 is 11.8. The smallest absolute Gasteiger partial charge is 0.162 e. The molecule has 1 heterocycles. The van der Waals surface area contributed by atoms with Gasteiger partial charge >= 0.3 is 0 Å². The molecule has 2 aromatic rings. The first-order valence-electron chi connectivity index (χ1n) is 7.45. The summed E-state index contributed by atoms with van der Waals surface area (Å²) in [6, 6.07) is 3.92. The van der Waals surface area contributed by atoms with E-state index in [-0.39, 0.29) is 0 Å². The molecule has 0 saturated heterocycles. The van der Waals surface area contributed by atoms with Crippen LogP contribution in [0.5, 0.6) is 11.5 Å². The Morgan fingerprint density at radius 2 is 1.91 bits per heavy atom. The van der Waals surface area contributed by atoms with Gasteiger partial charge in [-0.05, 0) is 31.6 Å². The van der Waals surface area contributed by atoms with Crippen LogP contribution in [0.1, 0.15) is 35.0 Å². The molecule has 0 unspecified atom stereocenters. The van der Waals surface area contributed by atoms with Crippen LogP contribution < -0.4 is 9.47 Å². The van der Waals surface area contributed by atoms with Gasteiger partial charge in [0.1, 0.15) is 0 Å². The lowest BCUT2D eigenvalue weighted by atomic mass is 10.1. The fourth-order valence-electron chi connectivity index (χ4n) is 2.53. The first-order valence-corrected chi connectivity index (χ1v) is 8.27. The average Bonchev–Trinajstić information content (AvgIpc) is 2.88. The molecular formula is C17H23NO3S. The molecule has 0 aliphatic carbocycles. The molecule has 0 spiro atoms. The highest BCUT2D eigenvalue weighted by Crippen LogP contribution is 2.39. The molecule has 0 fully saturated rings. The van der Waals surface area contributed by atoms with E-state index >= 15 is 0 Å². The maximum absolute atomic E-state index is 11.4. The molecule has 0 saturated carbocycles. The summed E-state index contributed by atoms with van der Waals surface area (Å²) in [4.78, 5) is 14.5. The fourth-order valence-corrected chi connectivity index (χ4v) is 3.57. The second kappa shape index (κ2) is 7.61. The van der Waals surface area contributed by atoms with E-state index in [0.717, 1.165) is 46.3 Å². The van der Waals surface area contributed by atoms with Crippen molar-refractivity contribution in [3.05, 3.63) is 22.6 Å². The van der Waals surface area contributed by atoms with Crippen LogP contribution in [0.3, 0.4) is 0 Å². The number of hydrogen-bond donors (Lipinski definition) is 0. The number of hydrogen-bond acceptors (Lipinski definition) is 5. The van der Waals surface area contributed by atoms with Gasteiger partial charge in [-0.1, -0.05) is 13.3 Å². The Kier molecular flexibility index (Phi) is 5.80. The zero-order valence-corrected chi connectivity index (χ0v) is 14.5. The summed E-state index contributed by atoms with van der Waals surface area (Å²) in [5.41, 5.74) is 1.08. The lowest BCUT2D eigenvalue weighted by Gasteiger charge is -2.16. The van der Waals surface area contributed by atoms with E-state index in [2.05, 4.69) is 18.9 Å². The summed E-state index contributed by atoms with van der Waals surface area (Å²) >= 11 is 1.51. The number of thiophene rings is 1. The van der Waals surface area contributed by atoms with Gasteiger partial charge in [0.25, 0.3) is 0 Å². The normalized spacial score (nSPS) is 11.1. The first kappa shape index (κ1) is 16.8. The Morgan fingerprint density at radius 1 is 1.23 bits per heavy atom. The summed E-state index contributed by atoms with van der Waals surface area (Å²) in [7, 11) is 5.34. The Labute approximate surface area is 135 Å². The number of rotatable bonds is 8. The highest BCUT2D eigenvalue weighted by Gasteiger charge is 2.16. The van der Waals surface area contributed by atoms with Crippen LogP contribution in [0.4, 0.5) is 0 Å². The number of nitrogens with zero attached hydrogens (tertiary/aromatic N) is 1. The number of unbranched alkanes of at least 4 members (excludes halogenated alkanes) is 1. The molecule has 5 heteroatoms. The van der Waals surface area contributed by atoms with Crippen LogP contribution in [-0.2, 0) is 6.54 Å². The molecule has 22 heavy (non-hydrogen) atoms. The van der Waals surface area contributed by atoms with Crippen molar-refractivity contribution in [3.8, 4) is 11.5 Å². The SMILES string of the molecule is CCCCN(C)Cc1c(C=O)sc2cc(OC)c(OC)cc12. The van der Waals surface area contributed by atoms with Gasteiger partial charge in [-0.25, -0.2) is 0 Å². The van der Waals surface area contributed by atoms with E-state index in [1.165, 1.54) is 17.8 Å². The quantitative estimate of drug-likeness (QED) is 0.690. The molecule has 4 nitrogen and oxygen atoms in total. The number of methoxy groups -OCH3 is 2. The van der Waals surface area contributed by atoms with Gasteiger partial charge in [0, 0.05) is 22.7 Å². The standard InChI is InChI=1S/C17H23NO3S/c1-5-6-7-18(2)10-13-12-8-14(20-3)15(21-4)9-16(12)22-17(13)11-19/h8-9,11H,5-7,10H2,1-4H3. The number of carbonyl (C=O) groups is 1. The summed E-state index contributed by atoms with van der Waals surface area (Å²) in [6.07, 6.45) is 3.28. The van der Waals surface area contributed by atoms with Crippen LogP contribution in [0.25, 0.3) is 10.1 Å². The van der Waals surface area contributed by atoms with Gasteiger partial charge in [-0.2, -0.15) is 0 Å². The van der Waals surface area contributed by atoms with Crippen molar-refractivity contribution in [2.24, 2.45) is 0 Å². The number of benzene rings is 1. The molecule has 0 N–H and O–H groups in total. The highest BCUT2D eigenvalue weighted by atomic mass is 32.1. The van der Waals surface area contributed by atoms with Crippen molar-refractivity contribution >= 4 is 27.7 Å². The first-order chi connectivity index (χ1) is 10.6. The number of carbonyl (C=O) groups excluding carboxylic acids is 1. The van der Waals surface area contributed by atoms with Crippen molar-refractivity contribution in [3.63, 3.8) is 0 Å².